The highest BCUT2D eigenvalue weighted by molar-refractivity contribution is 5.87. The normalized spacial score (nSPS) is 16.0. The van der Waals surface area contributed by atoms with Gasteiger partial charge in [-0.25, -0.2) is 4.79 Å². The second-order valence-corrected chi connectivity index (χ2v) is 6.48. The van der Waals surface area contributed by atoms with E-state index in [1.165, 1.54) is 5.56 Å². The molecule has 0 bridgehead atoms. The number of carbonyl (C=O) groups is 1. The first kappa shape index (κ1) is 17.6. The van der Waals surface area contributed by atoms with Crippen LogP contribution in [-0.2, 0) is 19.7 Å². The summed E-state index contributed by atoms with van der Waals surface area (Å²) in [5.41, 5.74) is 3.67. The minimum Gasteiger partial charge on any atom is -0.478 e. The monoisotopic (exact) mass is 340 g/mol. The number of carboxylic acids is 1. The molecule has 1 saturated heterocycles. The molecule has 2 aromatic rings. The van der Waals surface area contributed by atoms with E-state index in [1.54, 1.807) is 12.1 Å². The molecule has 0 unspecified atom stereocenters. The van der Waals surface area contributed by atoms with Gasteiger partial charge in [-0.05, 0) is 28.8 Å². The lowest BCUT2D eigenvalue weighted by Crippen LogP contribution is -2.45. The van der Waals surface area contributed by atoms with E-state index in [1.807, 2.05) is 30.3 Å². The number of aromatic carboxylic acids is 1. The topological polar surface area (TPSA) is 64.0 Å². The highest BCUT2D eigenvalue weighted by atomic mass is 16.4. The van der Waals surface area contributed by atoms with Crippen molar-refractivity contribution in [2.45, 2.75) is 19.7 Å². The van der Waals surface area contributed by atoms with Crippen LogP contribution in [0, 0.1) is 0 Å². The maximum absolute atomic E-state index is 10.9. The Balaban J connectivity index is 1.51. The minimum atomic E-state index is -0.886. The van der Waals surface area contributed by atoms with Crippen LogP contribution in [0.2, 0.25) is 0 Å². The molecule has 132 valence electrons. The van der Waals surface area contributed by atoms with E-state index in [0.29, 0.717) is 5.56 Å². The Morgan fingerprint density at radius 2 is 1.40 bits per heavy atom. The number of benzene rings is 2. The lowest BCUT2D eigenvalue weighted by molar-refractivity contribution is 0.0697. The van der Waals surface area contributed by atoms with Gasteiger partial charge in [0.05, 0.1) is 12.2 Å². The second-order valence-electron chi connectivity index (χ2n) is 6.48. The SMILES string of the molecule is O=C(O)c1ccc(CN2CCN(Cc3ccccc3CO)CC2)cc1. The molecule has 0 radical (unpaired) electrons. The van der Waals surface area contributed by atoms with E-state index in [2.05, 4.69) is 15.9 Å². The summed E-state index contributed by atoms with van der Waals surface area (Å²) in [7, 11) is 0. The van der Waals surface area contributed by atoms with Gasteiger partial charge in [0, 0.05) is 39.3 Å². The van der Waals surface area contributed by atoms with Gasteiger partial charge in [0.1, 0.15) is 0 Å². The highest BCUT2D eigenvalue weighted by Crippen LogP contribution is 2.15. The van der Waals surface area contributed by atoms with E-state index in [0.717, 1.165) is 50.4 Å². The van der Waals surface area contributed by atoms with Crippen molar-refractivity contribution in [1.82, 2.24) is 9.80 Å². The molecule has 0 spiro atoms. The zero-order valence-electron chi connectivity index (χ0n) is 14.3. The maximum atomic E-state index is 10.9. The van der Waals surface area contributed by atoms with E-state index in [-0.39, 0.29) is 6.61 Å². The van der Waals surface area contributed by atoms with E-state index in [9.17, 15) is 9.90 Å². The predicted octanol–water partition coefficient (Wildman–Crippen LogP) is 2.19. The van der Waals surface area contributed by atoms with Crippen LogP contribution in [0.3, 0.4) is 0 Å². The van der Waals surface area contributed by atoms with Gasteiger partial charge in [-0.1, -0.05) is 36.4 Å². The molecule has 3 rings (SSSR count). The lowest BCUT2D eigenvalue weighted by atomic mass is 10.1. The fourth-order valence-electron chi connectivity index (χ4n) is 3.22. The van der Waals surface area contributed by atoms with Crippen LogP contribution in [0.5, 0.6) is 0 Å². The Morgan fingerprint density at radius 3 is 1.96 bits per heavy atom. The maximum Gasteiger partial charge on any atom is 0.335 e. The van der Waals surface area contributed by atoms with Gasteiger partial charge < -0.3 is 10.2 Å². The number of carboxylic acid groups (broad SMARTS) is 1. The van der Waals surface area contributed by atoms with Crippen molar-refractivity contribution in [2.75, 3.05) is 26.2 Å². The molecule has 2 N–H and O–H groups in total. The molecule has 1 aliphatic rings. The van der Waals surface area contributed by atoms with Gasteiger partial charge >= 0.3 is 5.97 Å². The molecule has 1 aliphatic heterocycles. The Labute approximate surface area is 148 Å². The van der Waals surface area contributed by atoms with Crippen LogP contribution in [-0.4, -0.2) is 52.2 Å². The summed E-state index contributed by atoms with van der Waals surface area (Å²) in [6, 6.07) is 15.2. The lowest BCUT2D eigenvalue weighted by Gasteiger charge is -2.35. The summed E-state index contributed by atoms with van der Waals surface area (Å²) in [5, 5.41) is 18.4. The third-order valence-corrected chi connectivity index (χ3v) is 4.75. The van der Waals surface area contributed by atoms with Gasteiger partial charge in [-0.3, -0.25) is 9.80 Å². The van der Waals surface area contributed by atoms with Crippen LogP contribution < -0.4 is 0 Å². The van der Waals surface area contributed by atoms with Crippen LogP contribution >= 0.6 is 0 Å². The average molecular weight is 340 g/mol. The quantitative estimate of drug-likeness (QED) is 0.844. The molecule has 1 heterocycles. The third-order valence-electron chi connectivity index (χ3n) is 4.75. The standard InChI is InChI=1S/C20H24N2O3/c23-15-19-4-2-1-3-18(19)14-22-11-9-21(10-12-22)13-16-5-7-17(8-6-16)20(24)25/h1-8,23H,9-15H2,(H,24,25). The Morgan fingerprint density at radius 1 is 0.840 bits per heavy atom. The van der Waals surface area contributed by atoms with Gasteiger partial charge in [-0.2, -0.15) is 0 Å². The Kier molecular flexibility index (Phi) is 5.81. The number of hydrogen-bond donors (Lipinski definition) is 2. The van der Waals surface area contributed by atoms with E-state index >= 15 is 0 Å². The molecule has 0 amide bonds. The molecule has 0 saturated carbocycles. The Hall–Kier alpha value is -2.21. The molecule has 1 fully saturated rings. The van der Waals surface area contributed by atoms with Gasteiger partial charge in [-0.15, -0.1) is 0 Å². The van der Waals surface area contributed by atoms with Crippen LogP contribution in [0.25, 0.3) is 0 Å². The summed E-state index contributed by atoms with van der Waals surface area (Å²) in [6.45, 7) is 5.77. The third kappa shape index (κ3) is 4.66. The highest BCUT2D eigenvalue weighted by Gasteiger charge is 2.18. The predicted molar refractivity (Wildman–Crippen MR) is 96.3 cm³/mol. The zero-order valence-corrected chi connectivity index (χ0v) is 14.3. The largest absolute Gasteiger partial charge is 0.478 e. The van der Waals surface area contributed by atoms with Gasteiger partial charge in [0.25, 0.3) is 0 Å². The number of rotatable bonds is 6. The van der Waals surface area contributed by atoms with E-state index < -0.39 is 5.97 Å². The molecule has 5 heteroatoms. The smallest absolute Gasteiger partial charge is 0.335 e. The molecule has 25 heavy (non-hydrogen) atoms. The Bertz CT molecular complexity index is 707. The summed E-state index contributed by atoms with van der Waals surface area (Å²) < 4.78 is 0. The van der Waals surface area contributed by atoms with Crippen molar-refractivity contribution >= 4 is 5.97 Å². The minimum absolute atomic E-state index is 0.0858. The first-order chi connectivity index (χ1) is 12.2. The second kappa shape index (κ2) is 8.25. The molecular formula is C20H24N2O3. The van der Waals surface area contributed by atoms with Crippen LogP contribution in [0.1, 0.15) is 27.0 Å². The summed E-state index contributed by atoms with van der Waals surface area (Å²) in [4.78, 5) is 15.7. The van der Waals surface area contributed by atoms with Crippen LogP contribution in [0.4, 0.5) is 0 Å². The molecular weight excluding hydrogens is 316 g/mol. The number of nitrogens with zero attached hydrogens (tertiary/aromatic N) is 2. The summed E-state index contributed by atoms with van der Waals surface area (Å²) in [5.74, 6) is -0.886. The summed E-state index contributed by atoms with van der Waals surface area (Å²) in [6.07, 6.45) is 0. The number of hydrogen-bond acceptors (Lipinski definition) is 4. The first-order valence-electron chi connectivity index (χ1n) is 8.60. The molecule has 2 aromatic carbocycles. The molecule has 0 atom stereocenters. The molecule has 0 aromatic heterocycles. The average Bonchev–Trinajstić information content (AvgIpc) is 2.64. The number of piperazine rings is 1. The first-order valence-corrected chi connectivity index (χ1v) is 8.60. The zero-order chi connectivity index (χ0) is 17.6. The van der Waals surface area contributed by atoms with E-state index in [4.69, 9.17) is 5.11 Å². The van der Waals surface area contributed by atoms with Crippen molar-refractivity contribution in [1.29, 1.82) is 0 Å². The number of aliphatic hydroxyl groups excluding tert-OH is 1. The van der Waals surface area contributed by atoms with Crippen molar-refractivity contribution < 1.29 is 15.0 Å². The summed E-state index contributed by atoms with van der Waals surface area (Å²) >= 11 is 0. The van der Waals surface area contributed by atoms with Gasteiger partial charge in [0.2, 0.25) is 0 Å². The van der Waals surface area contributed by atoms with Crippen molar-refractivity contribution in [2.24, 2.45) is 0 Å². The number of aliphatic hydroxyl groups is 1. The fraction of sp³-hybridized carbons (Fsp3) is 0.350. The van der Waals surface area contributed by atoms with Crippen molar-refractivity contribution in [3.8, 4) is 0 Å². The molecule has 5 nitrogen and oxygen atoms in total. The van der Waals surface area contributed by atoms with Crippen molar-refractivity contribution in [3.63, 3.8) is 0 Å². The fourth-order valence-corrected chi connectivity index (χ4v) is 3.22. The van der Waals surface area contributed by atoms with Crippen molar-refractivity contribution in [3.05, 3.63) is 70.8 Å². The molecule has 0 aliphatic carbocycles. The van der Waals surface area contributed by atoms with Crippen LogP contribution in [0.15, 0.2) is 48.5 Å². The van der Waals surface area contributed by atoms with Gasteiger partial charge in [0.15, 0.2) is 0 Å².